The SMILES string of the molecule is Cc1c(C(=O)O)sc2ncn(N(C)c3ccc(F)cc3)c(=O)c12. The van der Waals surface area contributed by atoms with E-state index in [1.807, 2.05) is 0 Å². The molecule has 0 aliphatic rings. The lowest BCUT2D eigenvalue weighted by Gasteiger charge is -2.21. The number of carboxylic acids is 1. The number of fused-ring (bicyclic) bond motifs is 1. The highest BCUT2D eigenvalue weighted by Gasteiger charge is 2.19. The minimum Gasteiger partial charge on any atom is -0.477 e. The Bertz CT molecular complexity index is 962. The summed E-state index contributed by atoms with van der Waals surface area (Å²) < 4.78 is 14.3. The zero-order chi connectivity index (χ0) is 16.7. The van der Waals surface area contributed by atoms with Gasteiger partial charge in [-0.15, -0.1) is 11.3 Å². The van der Waals surface area contributed by atoms with Crippen molar-refractivity contribution < 1.29 is 14.3 Å². The van der Waals surface area contributed by atoms with Crippen LogP contribution in [0.5, 0.6) is 0 Å². The van der Waals surface area contributed by atoms with Gasteiger partial charge in [0.2, 0.25) is 0 Å². The van der Waals surface area contributed by atoms with Crippen LogP contribution in [0.4, 0.5) is 10.1 Å². The molecule has 0 atom stereocenters. The van der Waals surface area contributed by atoms with Crippen molar-refractivity contribution in [2.45, 2.75) is 6.92 Å². The molecule has 6 nitrogen and oxygen atoms in total. The fraction of sp³-hybridized carbons (Fsp3) is 0.133. The van der Waals surface area contributed by atoms with Crippen LogP contribution >= 0.6 is 11.3 Å². The fourth-order valence-electron chi connectivity index (χ4n) is 2.31. The lowest BCUT2D eigenvalue weighted by molar-refractivity contribution is 0.0701. The summed E-state index contributed by atoms with van der Waals surface area (Å²) in [6.45, 7) is 1.59. The van der Waals surface area contributed by atoms with Gasteiger partial charge in [-0.05, 0) is 36.8 Å². The van der Waals surface area contributed by atoms with Crippen LogP contribution in [0, 0.1) is 12.7 Å². The normalized spacial score (nSPS) is 10.9. The first kappa shape index (κ1) is 15.2. The molecule has 0 saturated heterocycles. The molecule has 0 aliphatic carbocycles. The van der Waals surface area contributed by atoms with E-state index in [1.165, 1.54) is 40.3 Å². The molecular weight excluding hydrogens is 321 g/mol. The average molecular weight is 333 g/mol. The molecule has 1 N–H and O–H groups in total. The number of anilines is 1. The Morgan fingerprint density at radius 1 is 1.35 bits per heavy atom. The molecule has 3 aromatic rings. The van der Waals surface area contributed by atoms with Gasteiger partial charge in [-0.1, -0.05) is 0 Å². The maximum Gasteiger partial charge on any atom is 0.346 e. The van der Waals surface area contributed by atoms with Gasteiger partial charge < -0.3 is 5.11 Å². The van der Waals surface area contributed by atoms with Crippen LogP contribution < -0.4 is 10.6 Å². The number of nitrogens with zero attached hydrogens (tertiary/aromatic N) is 3. The molecular formula is C15H12FN3O3S. The Balaban J connectivity index is 2.17. The van der Waals surface area contributed by atoms with E-state index < -0.39 is 5.97 Å². The molecule has 2 heterocycles. The van der Waals surface area contributed by atoms with Crippen LogP contribution in [0.25, 0.3) is 10.2 Å². The van der Waals surface area contributed by atoms with Crippen molar-refractivity contribution in [1.29, 1.82) is 0 Å². The van der Waals surface area contributed by atoms with Gasteiger partial charge in [0.05, 0.1) is 11.1 Å². The van der Waals surface area contributed by atoms with E-state index in [4.69, 9.17) is 5.11 Å². The molecule has 8 heteroatoms. The second-order valence-electron chi connectivity index (χ2n) is 4.94. The van der Waals surface area contributed by atoms with Crippen molar-refractivity contribution >= 4 is 33.2 Å². The van der Waals surface area contributed by atoms with Crippen LogP contribution in [0.2, 0.25) is 0 Å². The number of aryl methyl sites for hydroxylation is 1. The van der Waals surface area contributed by atoms with Crippen LogP contribution in [0.15, 0.2) is 35.4 Å². The van der Waals surface area contributed by atoms with Gasteiger partial charge >= 0.3 is 5.97 Å². The van der Waals surface area contributed by atoms with E-state index in [2.05, 4.69) is 4.98 Å². The monoisotopic (exact) mass is 333 g/mol. The first-order chi connectivity index (χ1) is 10.9. The number of halogens is 1. The summed E-state index contributed by atoms with van der Waals surface area (Å²) in [6, 6.07) is 5.66. The quantitative estimate of drug-likeness (QED) is 0.797. The summed E-state index contributed by atoms with van der Waals surface area (Å²) in [4.78, 5) is 28.5. The zero-order valence-electron chi connectivity index (χ0n) is 12.3. The standard InChI is InChI=1S/C15H12FN3O3S/c1-8-11-13(23-12(8)15(21)22)17-7-19(14(11)20)18(2)10-5-3-9(16)4-6-10/h3-7H,1-2H3,(H,21,22). The maximum atomic E-state index is 13.0. The van der Waals surface area contributed by atoms with E-state index in [0.717, 1.165) is 11.3 Å². The van der Waals surface area contributed by atoms with Crippen molar-refractivity contribution in [3.63, 3.8) is 0 Å². The average Bonchev–Trinajstić information content (AvgIpc) is 2.86. The van der Waals surface area contributed by atoms with Crippen molar-refractivity contribution in [3.05, 3.63) is 57.2 Å². The molecule has 0 bridgehead atoms. The van der Waals surface area contributed by atoms with E-state index in [-0.39, 0.29) is 21.6 Å². The molecule has 0 aliphatic heterocycles. The topological polar surface area (TPSA) is 75.4 Å². The number of carboxylic acid groups (broad SMARTS) is 1. The Morgan fingerprint density at radius 3 is 2.61 bits per heavy atom. The Kier molecular flexibility index (Phi) is 3.61. The summed E-state index contributed by atoms with van der Waals surface area (Å²) in [5.74, 6) is -1.45. The van der Waals surface area contributed by atoms with Crippen molar-refractivity contribution in [2.24, 2.45) is 0 Å². The molecule has 0 radical (unpaired) electrons. The molecule has 118 valence electrons. The zero-order valence-corrected chi connectivity index (χ0v) is 13.1. The minimum absolute atomic E-state index is 0.104. The predicted molar refractivity (Wildman–Crippen MR) is 85.8 cm³/mol. The van der Waals surface area contributed by atoms with E-state index in [0.29, 0.717) is 16.1 Å². The highest BCUT2D eigenvalue weighted by molar-refractivity contribution is 7.20. The lowest BCUT2D eigenvalue weighted by Crippen LogP contribution is -2.35. The van der Waals surface area contributed by atoms with Gasteiger partial charge in [-0.25, -0.2) is 18.8 Å². The van der Waals surface area contributed by atoms with Gasteiger partial charge in [0, 0.05) is 7.05 Å². The summed E-state index contributed by atoms with van der Waals surface area (Å²) in [5.41, 5.74) is 0.626. The van der Waals surface area contributed by atoms with Crippen LogP contribution in [-0.2, 0) is 0 Å². The van der Waals surface area contributed by atoms with Gasteiger partial charge in [0.25, 0.3) is 5.56 Å². The van der Waals surface area contributed by atoms with Crippen LogP contribution in [-0.4, -0.2) is 27.8 Å². The van der Waals surface area contributed by atoms with Crippen molar-refractivity contribution in [2.75, 3.05) is 12.1 Å². The molecule has 3 rings (SSSR count). The number of aromatic carboxylic acids is 1. The van der Waals surface area contributed by atoms with E-state index in [1.54, 1.807) is 14.0 Å². The lowest BCUT2D eigenvalue weighted by atomic mass is 10.2. The third-order valence-electron chi connectivity index (χ3n) is 3.55. The molecule has 2 aromatic heterocycles. The summed E-state index contributed by atoms with van der Waals surface area (Å²) in [7, 11) is 1.64. The number of aromatic nitrogens is 2. The molecule has 0 unspecified atom stereocenters. The van der Waals surface area contributed by atoms with E-state index in [9.17, 15) is 14.0 Å². The minimum atomic E-state index is -1.08. The predicted octanol–water partition coefficient (Wildman–Crippen LogP) is 2.50. The number of rotatable bonds is 3. The Morgan fingerprint density at radius 2 is 2.00 bits per heavy atom. The second kappa shape index (κ2) is 5.47. The molecule has 0 fully saturated rings. The van der Waals surface area contributed by atoms with Gasteiger partial charge in [0.15, 0.2) is 0 Å². The Labute approximate surface area is 134 Å². The third-order valence-corrected chi connectivity index (χ3v) is 4.74. The molecule has 23 heavy (non-hydrogen) atoms. The number of thiophene rings is 1. The largest absolute Gasteiger partial charge is 0.477 e. The van der Waals surface area contributed by atoms with Crippen molar-refractivity contribution in [3.8, 4) is 0 Å². The summed E-state index contributed by atoms with van der Waals surface area (Å²) in [6.07, 6.45) is 1.33. The van der Waals surface area contributed by atoms with Gasteiger partial charge in [0.1, 0.15) is 21.9 Å². The van der Waals surface area contributed by atoms with E-state index >= 15 is 0 Å². The number of benzene rings is 1. The van der Waals surface area contributed by atoms with Crippen LogP contribution in [0.3, 0.4) is 0 Å². The fourth-order valence-corrected chi connectivity index (χ4v) is 3.29. The second-order valence-corrected chi connectivity index (χ2v) is 5.93. The summed E-state index contributed by atoms with van der Waals surface area (Å²) in [5, 5.41) is 11.0. The van der Waals surface area contributed by atoms with Crippen LogP contribution in [0.1, 0.15) is 15.2 Å². The molecule has 1 aromatic carbocycles. The smallest absolute Gasteiger partial charge is 0.346 e. The first-order valence-corrected chi connectivity index (χ1v) is 7.45. The third kappa shape index (κ3) is 2.46. The number of hydrogen-bond acceptors (Lipinski definition) is 5. The number of hydrogen-bond donors (Lipinski definition) is 1. The Hall–Kier alpha value is -2.74. The van der Waals surface area contributed by atoms with Gasteiger partial charge in [-0.3, -0.25) is 9.80 Å². The summed E-state index contributed by atoms with van der Waals surface area (Å²) >= 11 is 0.972. The maximum absolute atomic E-state index is 13.0. The highest BCUT2D eigenvalue weighted by atomic mass is 32.1. The molecule has 0 spiro atoms. The van der Waals surface area contributed by atoms with Gasteiger partial charge in [-0.2, -0.15) is 0 Å². The van der Waals surface area contributed by atoms with Crippen molar-refractivity contribution in [1.82, 2.24) is 9.66 Å². The number of carbonyl (C=O) groups is 1. The molecule has 0 amide bonds. The highest BCUT2D eigenvalue weighted by Crippen LogP contribution is 2.26. The first-order valence-electron chi connectivity index (χ1n) is 6.63. The molecule has 0 saturated carbocycles.